The summed E-state index contributed by atoms with van der Waals surface area (Å²) in [7, 11) is 3.29. The Kier molecular flexibility index (Phi) is 6.98. The van der Waals surface area contributed by atoms with Gasteiger partial charge in [0.1, 0.15) is 24.5 Å². The van der Waals surface area contributed by atoms with Crippen molar-refractivity contribution in [1.82, 2.24) is 14.5 Å². The Morgan fingerprint density at radius 2 is 1.44 bits per heavy atom. The third-order valence-corrected chi connectivity index (χ3v) is 5.81. The number of fused-ring (bicyclic) bond motifs is 1. The Morgan fingerprint density at radius 3 is 2.22 bits per heavy atom. The van der Waals surface area contributed by atoms with Gasteiger partial charge in [0.25, 0.3) is 0 Å². The second-order valence-corrected chi connectivity index (χ2v) is 8.25. The Balaban J connectivity index is 1.45. The van der Waals surface area contributed by atoms with E-state index in [-0.39, 0.29) is 0 Å². The average molecular weight is 482 g/mol. The number of benzene rings is 3. The van der Waals surface area contributed by atoms with Crippen LogP contribution in [0.25, 0.3) is 11.2 Å². The van der Waals surface area contributed by atoms with E-state index in [1.807, 2.05) is 83.4 Å². The van der Waals surface area contributed by atoms with Crippen molar-refractivity contribution in [2.24, 2.45) is 0 Å². The number of aromatic nitrogens is 3. The molecule has 0 fully saturated rings. The first-order chi connectivity index (χ1) is 17.7. The van der Waals surface area contributed by atoms with Crippen LogP contribution in [0, 0.1) is 0 Å². The van der Waals surface area contributed by atoms with Crippen LogP contribution >= 0.6 is 0 Å². The van der Waals surface area contributed by atoms with E-state index >= 15 is 0 Å². The van der Waals surface area contributed by atoms with Crippen molar-refractivity contribution in [2.45, 2.75) is 19.8 Å². The van der Waals surface area contributed by atoms with Gasteiger partial charge in [0.05, 0.1) is 27.1 Å². The molecular formula is C29H27N3O4. The second-order valence-electron chi connectivity index (χ2n) is 8.25. The zero-order valence-corrected chi connectivity index (χ0v) is 20.3. The van der Waals surface area contributed by atoms with Crippen molar-refractivity contribution in [2.75, 3.05) is 14.2 Å². The second kappa shape index (κ2) is 10.8. The molecule has 5 rings (SSSR count). The van der Waals surface area contributed by atoms with E-state index in [4.69, 9.17) is 18.9 Å². The molecule has 0 N–H and O–H groups in total. The normalized spacial score (nSPS) is 10.8. The summed E-state index contributed by atoms with van der Waals surface area (Å²) in [4.78, 5) is 8.93. The molecule has 0 unspecified atom stereocenters. The van der Waals surface area contributed by atoms with Gasteiger partial charge in [0.2, 0.25) is 5.75 Å². The maximum atomic E-state index is 6.29. The highest BCUT2D eigenvalue weighted by Crippen LogP contribution is 2.40. The van der Waals surface area contributed by atoms with Gasteiger partial charge in [-0.05, 0) is 53.1 Å². The van der Waals surface area contributed by atoms with Crippen molar-refractivity contribution in [3.63, 3.8) is 0 Å². The lowest BCUT2D eigenvalue weighted by Crippen LogP contribution is -2.05. The number of hydrogen-bond donors (Lipinski definition) is 0. The smallest absolute Gasteiger partial charge is 0.203 e. The van der Waals surface area contributed by atoms with E-state index in [1.165, 1.54) is 0 Å². The highest BCUT2D eigenvalue weighted by molar-refractivity contribution is 5.70. The van der Waals surface area contributed by atoms with E-state index in [9.17, 15) is 0 Å². The lowest BCUT2D eigenvalue weighted by molar-refractivity contribution is 0.243. The topological polar surface area (TPSA) is 67.6 Å². The first-order valence-electron chi connectivity index (χ1n) is 11.6. The van der Waals surface area contributed by atoms with Gasteiger partial charge in [0, 0.05) is 6.20 Å². The van der Waals surface area contributed by atoms with E-state index < -0.39 is 0 Å². The molecule has 7 nitrogen and oxygen atoms in total. The molecule has 5 aromatic rings. The molecule has 182 valence electrons. The van der Waals surface area contributed by atoms with Crippen LogP contribution in [0.3, 0.4) is 0 Å². The SMILES string of the molecule is COc1ccc(COc2cc(Cn3cnc4cccnc43)cc(OC)c2OCc2ccccc2)cc1. The molecular weight excluding hydrogens is 454 g/mol. The average Bonchev–Trinajstić information content (AvgIpc) is 3.34. The highest BCUT2D eigenvalue weighted by Gasteiger charge is 2.17. The standard InChI is InChI=1S/C29H27N3O4/c1-33-24-12-10-22(11-13-24)18-35-27-16-23(17-32-20-31-25-9-6-14-30-29(25)32)15-26(34-2)28(27)36-19-21-7-4-3-5-8-21/h3-16,20H,17-19H2,1-2H3. The van der Waals surface area contributed by atoms with Gasteiger partial charge in [-0.1, -0.05) is 42.5 Å². The van der Waals surface area contributed by atoms with Gasteiger partial charge in [-0.25, -0.2) is 9.97 Å². The van der Waals surface area contributed by atoms with E-state index in [2.05, 4.69) is 9.97 Å². The Morgan fingerprint density at radius 1 is 0.694 bits per heavy atom. The molecule has 3 aromatic carbocycles. The van der Waals surface area contributed by atoms with Gasteiger partial charge in [0.15, 0.2) is 17.1 Å². The molecule has 2 heterocycles. The summed E-state index contributed by atoms with van der Waals surface area (Å²) in [6.07, 6.45) is 3.56. The monoisotopic (exact) mass is 481 g/mol. The minimum Gasteiger partial charge on any atom is -0.497 e. The molecule has 0 radical (unpaired) electrons. The number of pyridine rings is 1. The van der Waals surface area contributed by atoms with Crippen LogP contribution < -0.4 is 18.9 Å². The zero-order chi connectivity index (χ0) is 24.7. The third-order valence-electron chi connectivity index (χ3n) is 5.81. The zero-order valence-electron chi connectivity index (χ0n) is 20.3. The van der Waals surface area contributed by atoms with Crippen LogP contribution in [0.2, 0.25) is 0 Å². The minimum absolute atomic E-state index is 0.369. The predicted molar refractivity (Wildman–Crippen MR) is 138 cm³/mol. The molecule has 0 amide bonds. The molecule has 2 aromatic heterocycles. The van der Waals surface area contributed by atoms with Crippen LogP contribution in [0.15, 0.2) is 91.4 Å². The van der Waals surface area contributed by atoms with Crippen molar-refractivity contribution >= 4 is 11.2 Å². The van der Waals surface area contributed by atoms with Gasteiger partial charge in [-0.2, -0.15) is 0 Å². The van der Waals surface area contributed by atoms with E-state index in [0.29, 0.717) is 37.0 Å². The molecule has 0 aliphatic rings. The molecule has 0 saturated heterocycles. The number of ether oxygens (including phenoxy) is 4. The number of hydrogen-bond acceptors (Lipinski definition) is 6. The summed E-state index contributed by atoms with van der Waals surface area (Å²) in [6.45, 7) is 1.32. The lowest BCUT2D eigenvalue weighted by Gasteiger charge is -2.18. The Bertz CT molecular complexity index is 1430. The largest absolute Gasteiger partial charge is 0.497 e. The van der Waals surface area contributed by atoms with Gasteiger partial charge in [-0.15, -0.1) is 0 Å². The molecule has 0 spiro atoms. The lowest BCUT2D eigenvalue weighted by atomic mass is 10.1. The first-order valence-corrected chi connectivity index (χ1v) is 11.6. The minimum atomic E-state index is 0.369. The van der Waals surface area contributed by atoms with Crippen molar-refractivity contribution in [3.05, 3.63) is 108 Å². The molecule has 36 heavy (non-hydrogen) atoms. The summed E-state index contributed by atoms with van der Waals surface area (Å²) in [5.74, 6) is 2.57. The van der Waals surface area contributed by atoms with Gasteiger partial charge in [-0.3, -0.25) is 0 Å². The molecule has 0 atom stereocenters. The molecule has 0 saturated carbocycles. The van der Waals surface area contributed by atoms with Crippen LogP contribution in [0.4, 0.5) is 0 Å². The summed E-state index contributed by atoms with van der Waals surface area (Å²) < 4.78 is 25.5. The van der Waals surface area contributed by atoms with E-state index in [1.54, 1.807) is 26.7 Å². The Hall–Kier alpha value is -4.52. The van der Waals surface area contributed by atoms with Crippen molar-refractivity contribution in [3.8, 4) is 23.0 Å². The first kappa shape index (κ1) is 23.2. The maximum absolute atomic E-state index is 6.29. The number of imidazole rings is 1. The van der Waals surface area contributed by atoms with Crippen LogP contribution in [0.1, 0.15) is 16.7 Å². The van der Waals surface area contributed by atoms with Crippen molar-refractivity contribution in [1.29, 1.82) is 0 Å². The quantitative estimate of drug-likeness (QED) is 0.257. The van der Waals surface area contributed by atoms with Crippen LogP contribution in [0.5, 0.6) is 23.0 Å². The van der Waals surface area contributed by atoms with E-state index in [0.717, 1.165) is 33.6 Å². The van der Waals surface area contributed by atoms with Crippen LogP contribution in [-0.2, 0) is 19.8 Å². The van der Waals surface area contributed by atoms with Crippen LogP contribution in [-0.4, -0.2) is 28.8 Å². The predicted octanol–water partition coefficient (Wildman–Crippen LogP) is 5.65. The fraction of sp³-hybridized carbons (Fsp3) is 0.172. The Labute approximate surface area is 209 Å². The molecule has 0 bridgehead atoms. The van der Waals surface area contributed by atoms with Crippen molar-refractivity contribution < 1.29 is 18.9 Å². The number of methoxy groups -OCH3 is 2. The number of nitrogens with zero attached hydrogens (tertiary/aromatic N) is 3. The number of rotatable bonds is 10. The molecule has 0 aliphatic carbocycles. The van der Waals surface area contributed by atoms with Gasteiger partial charge < -0.3 is 23.5 Å². The summed E-state index contributed by atoms with van der Waals surface area (Å²) in [5.41, 5.74) is 4.72. The summed E-state index contributed by atoms with van der Waals surface area (Å²) >= 11 is 0. The fourth-order valence-electron chi connectivity index (χ4n) is 3.95. The third kappa shape index (κ3) is 5.25. The highest BCUT2D eigenvalue weighted by atomic mass is 16.5. The molecule has 7 heteroatoms. The molecule has 0 aliphatic heterocycles. The maximum Gasteiger partial charge on any atom is 0.203 e. The fourth-order valence-corrected chi connectivity index (χ4v) is 3.95. The summed E-state index contributed by atoms with van der Waals surface area (Å²) in [5, 5.41) is 0. The summed E-state index contributed by atoms with van der Waals surface area (Å²) in [6, 6.07) is 25.6. The van der Waals surface area contributed by atoms with Gasteiger partial charge >= 0.3 is 0 Å².